The number of carbonyl (C=O) groups is 2. The summed E-state index contributed by atoms with van der Waals surface area (Å²) < 4.78 is 5.43. The van der Waals surface area contributed by atoms with Gasteiger partial charge < -0.3 is 19.7 Å². The molecule has 8 nitrogen and oxygen atoms in total. The summed E-state index contributed by atoms with van der Waals surface area (Å²) in [7, 11) is 0. The number of para-hydroxylation sites is 1. The summed E-state index contributed by atoms with van der Waals surface area (Å²) in [6.45, 7) is 1.49. The number of nitrogens with one attached hydrogen (secondary N) is 1. The fourth-order valence-electron chi connectivity index (χ4n) is 4.31. The van der Waals surface area contributed by atoms with E-state index in [1.165, 1.54) is 0 Å². The number of benzene rings is 1. The van der Waals surface area contributed by atoms with Crippen LogP contribution in [0.4, 0.5) is 0 Å². The molecule has 0 aliphatic carbocycles. The van der Waals surface area contributed by atoms with E-state index in [2.05, 4.69) is 9.97 Å². The van der Waals surface area contributed by atoms with Crippen molar-refractivity contribution in [3.05, 3.63) is 40.4 Å². The summed E-state index contributed by atoms with van der Waals surface area (Å²) in [4.78, 5) is 45.4. The molecule has 0 unspecified atom stereocenters. The Hall–Kier alpha value is -2.74. The number of ether oxygens (including phenoxy) is 1. The predicted octanol–water partition coefficient (Wildman–Crippen LogP) is 1.20. The maximum absolute atomic E-state index is 12.6. The number of likely N-dealkylation sites (tertiary alicyclic amines) is 1. The number of carboxylic acid groups (broad SMARTS) is 1. The number of H-pyrrole nitrogens is 1. The van der Waals surface area contributed by atoms with Crippen LogP contribution in [0.25, 0.3) is 10.9 Å². The monoisotopic (exact) mass is 385 g/mol. The second-order valence-electron chi connectivity index (χ2n) is 7.64. The molecule has 2 atom stereocenters. The molecule has 1 aromatic carbocycles. The van der Waals surface area contributed by atoms with Gasteiger partial charge in [-0.15, -0.1) is 0 Å². The highest BCUT2D eigenvalue weighted by Crippen LogP contribution is 2.42. The normalized spacial score (nSPS) is 24.3. The molecule has 2 saturated heterocycles. The van der Waals surface area contributed by atoms with E-state index in [4.69, 9.17) is 4.74 Å². The van der Waals surface area contributed by atoms with Crippen molar-refractivity contribution in [3.8, 4) is 0 Å². The zero-order valence-electron chi connectivity index (χ0n) is 15.5. The van der Waals surface area contributed by atoms with E-state index in [1.54, 1.807) is 23.1 Å². The Morgan fingerprint density at radius 3 is 2.96 bits per heavy atom. The fourth-order valence-corrected chi connectivity index (χ4v) is 4.31. The van der Waals surface area contributed by atoms with Crippen LogP contribution >= 0.6 is 0 Å². The number of rotatable bonds is 5. The van der Waals surface area contributed by atoms with E-state index in [1.807, 2.05) is 6.07 Å². The number of nitrogens with zero attached hydrogens (tertiary/aromatic N) is 2. The molecule has 4 rings (SSSR count). The highest BCUT2D eigenvalue weighted by molar-refractivity contribution is 5.81. The zero-order chi connectivity index (χ0) is 19.7. The number of amides is 1. The first-order valence-corrected chi connectivity index (χ1v) is 9.56. The van der Waals surface area contributed by atoms with Gasteiger partial charge in [-0.3, -0.25) is 14.4 Å². The molecule has 148 valence electrons. The van der Waals surface area contributed by atoms with Gasteiger partial charge in [-0.2, -0.15) is 0 Å². The van der Waals surface area contributed by atoms with E-state index >= 15 is 0 Å². The van der Waals surface area contributed by atoms with Crippen molar-refractivity contribution in [3.63, 3.8) is 0 Å². The van der Waals surface area contributed by atoms with Gasteiger partial charge >= 0.3 is 5.97 Å². The number of fused-ring (bicyclic) bond motifs is 2. The van der Waals surface area contributed by atoms with Crippen molar-refractivity contribution >= 4 is 22.8 Å². The van der Waals surface area contributed by atoms with Crippen LogP contribution in [0.2, 0.25) is 0 Å². The first-order chi connectivity index (χ1) is 13.5. The molecule has 2 fully saturated rings. The Labute approximate surface area is 161 Å². The third-order valence-corrected chi connectivity index (χ3v) is 5.95. The lowest BCUT2D eigenvalue weighted by molar-refractivity contribution is -0.157. The van der Waals surface area contributed by atoms with Crippen LogP contribution in [-0.2, 0) is 20.7 Å². The summed E-state index contributed by atoms with van der Waals surface area (Å²) >= 11 is 0. The van der Waals surface area contributed by atoms with Gasteiger partial charge in [-0.05, 0) is 25.0 Å². The number of aromatic nitrogens is 2. The molecule has 0 saturated carbocycles. The van der Waals surface area contributed by atoms with Crippen LogP contribution < -0.4 is 5.56 Å². The molecule has 1 aromatic heterocycles. The van der Waals surface area contributed by atoms with Crippen LogP contribution in [0.15, 0.2) is 29.1 Å². The Morgan fingerprint density at radius 1 is 1.36 bits per heavy atom. The molecule has 2 aliphatic rings. The van der Waals surface area contributed by atoms with Gasteiger partial charge in [0, 0.05) is 38.5 Å². The lowest BCUT2D eigenvalue weighted by Gasteiger charge is -2.33. The Morgan fingerprint density at radius 2 is 2.18 bits per heavy atom. The maximum atomic E-state index is 12.6. The van der Waals surface area contributed by atoms with Gasteiger partial charge in [0.05, 0.1) is 22.9 Å². The molecule has 28 heavy (non-hydrogen) atoms. The van der Waals surface area contributed by atoms with Crippen molar-refractivity contribution in [1.29, 1.82) is 0 Å². The lowest BCUT2D eigenvalue weighted by Crippen LogP contribution is -2.45. The van der Waals surface area contributed by atoms with Crippen LogP contribution in [0, 0.1) is 11.3 Å². The van der Waals surface area contributed by atoms with E-state index < -0.39 is 11.4 Å². The number of carbonyl (C=O) groups excluding carboxylic acids is 1. The van der Waals surface area contributed by atoms with Crippen molar-refractivity contribution in [2.24, 2.45) is 11.3 Å². The molecular formula is C20H23N3O5. The molecule has 0 spiro atoms. The van der Waals surface area contributed by atoms with Gasteiger partial charge in [-0.25, -0.2) is 4.98 Å². The topological polar surface area (TPSA) is 113 Å². The third kappa shape index (κ3) is 3.28. The van der Waals surface area contributed by atoms with Gasteiger partial charge in [0.15, 0.2) is 0 Å². The molecule has 3 heterocycles. The minimum Gasteiger partial charge on any atom is -0.481 e. The Balaban J connectivity index is 1.38. The largest absolute Gasteiger partial charge is 0.481 e. The minimum absolute atomic E-state index is 0.0573. The predicted molar refractivity (Wildman–Crippen MR) is 101 cm³/mol. The lowest BCUT2D eigenvalue weighted by atomic mass is 9.74. The second kappa shape index (κ2) is 7.35. The summed E-state index contributed by atoms with van der Waals surface area (Å²) in [5, 5.41) is 10.2. The van der Waals surface area contributed by atoms with Crippen LogP contribution in [0.1, 0.15) is 25.1 Å². The number of aryl methyl sites for hydroxylation is 1. The molecule has 0 radical (unpaired) electrons. The molecule has 2 N–H and O–H groups in total. The number of hydrogen-bond acceptors (Lipinski definition) is 5. The molecule has 2 aliphatic heterocycles. The van der Waals surface area contributed by atoms with Crippen molar-refractivity contribution in [2.45, 2.75) is 25.7 Å². The average Bonchev–Trinajstić information content (AvgIpc) is 3.09. The smallest absolute Gasteiger partial charge is 0.311 e. The van der Waals surface area contributed by atoms with Gasteiger partial charge in [0.2, 0.25) is 5.91 Å². The summed E-state index contributed by atoms with van der Waals surface area (Å²) in [6.07, 6.45) is 1.76. The van der Waals surface area contributed by atoms with Gasteiger partial charge in [0.1, 0.15) is 5.82 Å². The molecule has 0 bridgehead atoms. The minimum atomic E-state index is -0.876. The SMILES string of the molecule is O=C(CCCc1nc2ccccc2c(=O)[nH]1)N1C[C@H]2COCC[C@@]2(C(=O)O)C1. The number of aliphatic carboxylic acids is 1. The van der Waals surface area contributed by atoms with Gasteiger partial charge in [-0.1, -0.05) is 12.1 Å². The maximum Gasteiger partial charge on any atom is 0.311 e. The number of carboxylic acids is 1. The fraction of sp³-hybridized carbons (Fsp3) is 0.500. The van der Waals surface area contributed by atoms with E-state index in [0.29, 0.717) is 62.2 Å². The van der Waals surface area contributed by atoms with Crippen molar-refractivity contribution < 1.29 is 19.4 Å². The van der Waals surface area contributed by atoms with Crippen molar-refractivity contribution in [1.82, 2.24) is 14.9 Å². The average molecular weight is 385 g/mol. The first kappa shape index (κ1) is 18.6. The zero-order valence-corrected chi connectivity index (χ0v) is 15.5. The van der Waals surface area contributed by atoms with Crippen LogP contribution in [0.5, 0.6) is 0 Å². The van der Waals surface area contributed by atoms with E-state index in [-0.39, 0.29) is 23.9 Å². The van der Waals surface area contributed by atoms with Crippen LogP contribution in [-0.4, -0.2) is 58.2 Å². The molecule has 1 amide bonds. The molecule has 8 heteroatoms. The number of aromatic amines is 1. The molecular weight excluding hydrogens is 362 g/mol. The summed E-state index contributed by atoms with van der Waals surface area (Å²) in [5.74, 6) is -0.490. The Bertz CT molecular complexity index is 972. The third-order valence-electron chi connectivity index (χ3n) is 5.95. The van der Waals surface area contributed by atoms with E-state index in [9.17, 15) is 19.5 Å². The Kier molecular flexibility index (Phi) is 4.89. The van der Waals surface area contributed by atoms with Crippen molar-refractivity contribution in [2.75, 3.05) is 26.3 Å². The highest BCUT2D eigenvalue weighted by atomic mass is 16.5. The van der Waals surface area contributed by atoms with E-state index in [0.717, 1.165) is 0 Å². The molecule has 2 aromatic rings. The first-order valence-electron chi connectivity index (χ1n) is 9.56. The van der Waals surface area contributed by atoms with Crippen LogP contribution in [0.3, 0.4) is 0 Å². The summed E-state index contributed by atoms with van der Waals surface area (Å²) in [6, 6.07) is 7.14. The highest BCUT2D eigenvalue weighted by Gasteiger charge is 2.54. The quantitative estimate of drug-likeness (QED) is 0.800. The second-order valence-corrected chi connectivity index (χ2v) is 7.64. The summed E-state index contributed by atoms with van der Waals surface area (Å²) in [5.41, 5.74) is -0.419. The number of hydrogen-bond donors (Lipinski definition) is 2. The van der Waals surface area contributed by atoms with Gasteiger partial charge in [0.25, 0.3) is 5.56 Å². The standard InChI is InChI=1S/C20H23N3O5/c24-17(23-10-13-11-28-9-8-20(13,12-23)19(26)27)7-3-6-16-21-15-5-2-1-4-14(15)18(25)22-16/h1-2,4-5,13H,3,6-12H2,(H,26,27)(H,21,22,25)/t13-,20+/m0/s1.